The maximum atomic E-state index is 13.5. The molecular weight excluding hydrogens is 521 g/mol. The number of ether oxygens (including phenoxy) is 1. The third kappa shape index (κ3) is 5.65. The lowest BCUT2D eigenvalue weighted by molar-refractivity contribution is 0.0696. The van der Waals surface area contributed by atoms with Crippen LogP contribution in [0.1, 0.15) is 50.6 Å². The summed E-state index contributed by atoms with van der Waals surface area (Å²) in [5.41, 5.74) is 2.44. The van der Waals surface area contributed by atoms with Gasteiger partial charge in [0, 0.05) is 37.2 Å². The van der Waals surface area contributed by atoms with E-state index in [2.05, 4.69) is 6.07 Å². The van der Waals surface area contributed by atoms with E-state index in [1.807, 2.05) is 24.3 Å². The zero-order valence-electron chi connectivity index (χ0n) is 20.9. The molecule has 1 aliphatic heterocycles. The van der Waals surface area contributed by atoms with E-state index >= 15 is 0 Å². The normalized spacial score (nSPS) is 18.6. The van der Waals surface area contributed by atoms with Crippen molar-refractivity contribution in [2.45, 2.75) is 24.8 Å². The van der Waals surface area contributed by atoms with E-state index in [-0.39, 0.29) is 23.8 Å². The number of halogens is 2. The van der Waals surface area contributed by atoms with Gasteiger partial charge in [0.25, 0.3) is 11.8 Å². The summed E-state index contributed by atoms with van der Waals surface area (Å²) < 4.78 is 5.81. The molecule has 0 N–H and O–H groups in total. The van der Waals surface area contributed by atoms with Gasteiger partial charge in [-0.25, -0.2) is 0 Å². The molecule has 6 nitrogen and oxygen atoms in total. The fourth-order valence-electron chi connectivity index (χ4n) is 4.83. The predicted octanol–water partition coefficient (Wildman–Crippen LogP) is 6.03. The fourth-order valence-corrected chi connectivity index (χ4v) is 5.14. The van der Waals surface area contributed by atoms with Gasteiger partial charge in [-0.1, -0.05) is 29.3 Å². The summed E-state index contributed by atoms with van der Waals surface area (Å²) in [5.74, 6) is 0.951. The molecule has 1 saturated carbocycles. The number of hydrogen-bond donors (Lipinski definition) is 0. The number of carbonyl (C=O) groups excluding carboxylic acids is 2. The van der Waals surface area contributed by atoms with Crippen molar-refractivity contribution in [3.63, 3.8) is 0 Å². The first-order valence-corrected chi connectivity index (χ1v) is 13.3. The van der Waals surface area contributed by atoms with Crippen LogP contribution in [0.2, 0.25) is 10.0 Å². The van der Waals surface area contributed by atoms with Gasteiger partial charge < -0.3 is 14.5 Å². The van der Waals surface area contributed by atoms with Gasteiger partial charge in [0.1, 0.15) is 5.75 Å². The lowest BCUT2D eigenvalue weighted by Gasteiger charge is -2.29. The quantitative estimate of drug-likeness (QED) is 0.361. The second kappa shape index (κ2) is 11.1. The number of hydrogen-bond acceptors (Lipinski definition) is 4. The molecule has 2 amide bonds. The van der Waals surface area contributed by atoms with Crippen LogP contribution in [-0.2, 0) is 0 Å². The first-order valence-electron chi connectivity index (χ1n) is 12.6. The van der Waals surface area contributed by atoms with E-state index in [0.717, 1.165) is 11.3 Å². The van der Waals surface area contributed by atoms with Crippen molar-refractivity contribution < 1.29 is 14.3 Å². The van der Waals surface area contributed by atoms with Gasteiger partial charge in [-0.3, -0.25) is 9.59 Å². The van der Waals surface area contributed by atoms with Crippen molar-refractivity contribution in [3.8, 4) is 11.8 Å². The Morgan fingerprint density at radius 3 is 2.29 bits per heavy atom. The van der Waals surface area contributed by atoms with Gasteiger partial charge in [0.2, 0.25) is 0 Å². The average molecular weight is 548 g/mol. The second-order valence-electron chi connectivity index (χ2n) is 9.94. The third-order valence-corrected chi connectivity index (χ3v) is 8.05. The van der Waals surface area contributed by atoms with Crippen LogP contribution in [0.4, 0.5) is 0 Å². The Morgan fingerprint density at radius 2 is 1.66 bits per heavy atom. The molecule has 1 saturated heterocycles. The molecule has 0 bridgehead atoms. The summed E-state index contributed by atoms with van der Waals surface area (Å²) in [6, 6.07) is 21.0. The Morgan fingerprint density at radius 1 is 0.974 bits per heavy atom. The topological polar surface area (TPSA) is 73.6 Å². The van der Waals surface area contributed by atoms with Gasteiger partial charge in [-0.15, -0.1) is 0 Å². The highest BCUT2D eigenvalue weighted by molar-refractivity contribution is 6.42. The summed E-state index contributed by atoms with van der Waals surface area (Å²) in [4.78, 5) is 30.4. The lowest BCUT2D eigenvalue weighted by atomic mass is 9.93. The van der Waals surface area contributed by atoms with Crippen molar-refractivity contribution in [2.75, 3.05) is 26.7 Å². The Bertz CT molecular complexity index is 1380. The van der Waals surface area contributed by atoms with Crippen molar-refractivity contribution >= 4 is 35.0 Å². The van der Waals surface area contributed by atoms with Gasteiger partial charge in [0.15, 0.2) is 0 Å². The van der Waals surface area contributed by atoms with E-state index in [1.165, 1.54) is 12.8 Å². The Labute approximate surface area is 232 Å². The first-order chi connectivity index (χ1) is 18.3. The van der Waals surface area contributed by atoms with Crippen LogP contribution in [-0.4, -0.2) is 54.4 Å². The molecule has 5 rings (SSSR count). The Hall–Kier alpha value is -3.53. The average Bonchev–Trinajstić information content (AvgIpc) is 3.68. The third-order valence-electron chi connectivity index (χ3n) is 7.31. The molecule has 3 aromatic rings. The fraction of sp³-hybridized carbons (Fsp3) is 0.300. The van der Waals surface area contributed by atoms with Crippen LogP contribution in [0.3, 0.4) is 0 Å². The minimum absolute atomic E-state index is 0.138. The van der Waals surface area contributed by atoms with Crippen LogP contribution in [0.25, 0.3) is 0 Å². The number of amides is 2. The molecule has 0 spiro atoms. The maximum absolute atomic E-state index is 13.5. The zero-order chi connectivity index (χ0) is 26.8. The molecule has 1 aliphatic carbocycles. The molecule has 3 aromatic carbocycles. The molecule has 0 radical (unpaired) electrons. The highest BCUT2D eigenvalue weighted by Gasteiger charge is 2.40. The van der Waals surface area contributed by atoms with Gasteiger partial charge >= 0.3 is 0 Å². The number of likely N-dealkylation sites (tertiary alicyclic amines) is 1. The number of likely N-dealkylation sites (N-methyl/N-ethyl adjacent to an activating group) is 1. The Kier molecular flexibility index (Phi) is 7.60. The maximum Gasteiger partial charge on any atom is 0.253 e. The van der Waals surface area contributed by atoms with E-state index in [0.29, 0.717) is 52.3 Å². The van der Waals surface area contributed by atoms with Crippen molar-refractivity contribution in [3.05, 3.63) is 99.0 Å². The minimum atomic E-state index is -0.284. The largest absolute Gasteiger partial charge is 0.493 e. The molecule has 2 unspecified atom stereocenters. The standard InChI is InChI=1S/C30H27Cl2N3O3/c1-34(29(36)21-8-11-24(12-9-21)38-18-20-2-3-20)28-17-35(30(37)22-6-4-19(15-33)5-7-22)16-25(28)23-10-13-26(31)27(32)14-23/h4-14,20,25,28H,2-3,16-18H2,1H3. The highest BCUT2D eigenvalue weighted by atomic mass is 35.5. The number of nitriles is 1. The van der Waals surface area contributed by atoms with Crippen LogP contribution in [0.15, 0.2) is 66.7 Å². The zero-order valence-corrected chi connectivity index (χ0v) is 22.5. The number of benzene rings is 3. The number of nitrogens with zero attached hydrogens (tertiary/aromatic N) is 3. The smallest absolute Gasteiger partial charge is 0.253 e. The van der Waals surface area contributed by atoms with E-state index in [4.69, 9.17) is 33.2 Å². The first kappa shape index (κ1) is 26.1. The second-order valence-corrected chi connectivity index (χ2v) is 10.8. The molecule has 2 aliphatic rings. The molecule has 1 heterocycles. The van der Waals surface area contributed by atoms with Crippen LogP contribution >= 0.6 is 23.2 Å². The summed E-state index contributed by atoms with van der Waals surface area (Å²) in [7, 11) is 1.77. The van der Waals surface area contributed by atoms with Crippen LogP contribution < -0.4 is 4.74 Å². The van der Waals surface area contributed by atoms with Crippen molar-refractivity contribution in [1.29, 1.82) is 5.26 Å². The number of carbonyl (C=O) groups is 2. The molecule has 194 valence electrons. The Balaban J connectivity index is 1.37. The molecule has 2 fully saturated rings. The SMILES string of the molecule is CN(C(=O)c1ccc(OCC2CC2)cc1)C1CN(C(=O)c2ccc(C#N)cc2)CC1c1ccc(Cl)c(Cl)c1. The predicted molar refractivity (Wildman–Crippen MR) is 147 cm³/mol. The number of rotatable bonds is 7. The summed E-state index contributed by atoms with van der Waals surface area (Å²) in [5, 5.41) is 9.95. The van der Waals surface area contributed by atoms with Gasteiger partial charge in [-0.05, 0) is 85.0 Å². The minimum Gasteiger partial charge on any atom is -0.493 e. The molecular formula is C30H27Cl2N3O3. The molecule has 8 heteroatoms. The van der Waals surface area contributed by atoms with E-state index < -0.39 is 0 Å². The van der Waals surface area contributed by atoms with Crippen molar-refractivity contribution in [1.82, 2.24) is 9.80 Å². The van der Waals surface area contributed by atoms with Crippen molar-refractivity contribution in [2.24, 2.45) is 5.92 Å². The van der Waals surface area contributed by atoms with E-state index in [9.17, 15) is 9.59 Å². The molecule has 2 atom stereocenters. The summed E-state index contributed by atoms with van der Waals surface area (Å²) >= 11 is 12.5. The summed E-state index contributed by atoms with van der Waals surface area (Å²) in [6.45, 7) is 1.48. The van der Waals surface area contributed by atoms with E-state index in [1.54, 1.807) is 59.3 Å². The van der Waals surface area contributed by atoms with Gasteiger partial charge in [0.05, 0.1) is 34.3 Å². The molecule has 38 heavy (non-hydrogen) atoms. The summed E-state index contributed by atoms with van der Waals surface area (Å²) in [6.07, 6.45) is 2.43. The molecule has 0 aromatic heterocycles. The monoisotopic (exact) mass is 547 g/mol. The highest BCUT2D eigenvalue weighted by Crippen LogP contribution is 2.35. The van der Waals surface area contributed by atoms with Crippen LogP contribution in [0.5, 0.6) is 5.75 Å². The van der Waals surface area contributed by atoms with Crippen LogP contribution in [0, 0.1) is 17.2 Å². The lowest BCUT2D eigenvalue weighted by Crippen LogP contribution is -2.42. The van der Waals surface area contributed by atoms with Gasteiger partial charge in [-0.2, -0.15) is 5.26 Å².